The molecule has 130 valence electrons. The molecule has 0 heterocycles. The summed E-state index contributed by atoms with van der Waals surface area (Å²) in [6.07, 6.45) is 2.90. The first-order valence-corrected chi connectivity index (χ1v) is 7.94. The van der Waals surface area contributed by atoms with Crippen LogP contribution in [-0.2, 0) is 14.3 Å². The third-order valence-electron chi connectivity index (χ3n) is 3.67. The SMILES string of the molecule is CO[C@@H](C(=O)N[C@H](C/C=C/c1ccccc1)C(=O)O)c1ccccc1. The molecular formula is C20H21NO4. The van der Waals surface area contributed by atoms with Crippen LogP contribution >= 0.6 is 0 Å². The second kappa shape index (κ2) is 9.39. The quantitative estimate of drug-likeness (QED) is 0.775. The van der Waals surface area contributed by atoms with Gasteiger partial charge in [-0.25, -0.2) is 4.79 Å². The third-order valence-corrected chi connectivity index (χ3v) is 3.67. The van der Waals surface area contributed by atoms with E-state index in [0.717, 1.165) is 5.56 Å². The van der Waals surface area contributed by atoms with Crippen LogP contribution in [-0.4, -0.2) is 30.1 Å². The standard InChI is InChI=1S/C20H21NO4/c1-25-18(16-12-6-3-7-13-16)19(22)21-17(20(23)24)14-8-11-15-9-4-2-5-10-15/h2-13,17-18H,14H2,1H3,(H,21,22)(H,23,24)/b11-8+/t17-,18-/m1/s1. The Labute approximate surface area is 146 Å². The smallest absolute Gasteiger partial charge is 0.326 e. The Hall–Kier alpha value is -2.92. The Bertz CT molecular complexity index is 713. The summed E-state index contributed by atoms with van der Waals surface area (Å²) in [6.45, 7) is 0. The highest BCUT2D eigenvalue weighted by atomic mass is 16.5. The van der Waals surface area contributed by atoms with E-state index in [1.54, 1.807) is 30.3 Å². The number of hydrogen-bond donors (Lipinski definition) is 2. The molecule has 2 rings (SSSR count). The Kier molecular flexibility index (Phi) is 6.92. The molecule has 0 unspecified atom stereocenters. The number of amides is 1. The van der Waals surface area contributed by atoms with Gasteiger partial charge in [-0.1, -0.05) is 72.8 Å². The molecule has 0 saturated heterocycles. The first kappa shape index (κ1) is 18.4. The number of carbonyl (C=O) groups excluding carboxylic acids is 1. The van der Waals surface area contributed by atoms with Gasteiger partial charge in [0.15, 0.2) is 6.10 Å². The van der Waals surface area contributed by atoms with Crippen LogP contribution in [0, 0.1) is 0 Å². The van der Waals surface area contributed by atoms with Crippen LogP contribution in [0.4, 0.5) is 0 Å². The predicted octanol–water partition coefficient (Wildman–Crippen LogP) is 3.05. The molecule has 0 bridgehead atoms. The number of benzene rings is 2. The van der Waals surface area contributed by atoms with E-state index in [1.165, 1.54) is 7.11 Å². The molecule has 25 heavy (non-hydrogen) atoms. The molecule has 0 aliphatic heterocycles. The first-order chi connectivity index (χ1) is 12.1. The number of hydrogen-bond acceptors (Lipinski definition) is 3. The van der Waals surface area contributed by atoms with Crippen molar-refractivity contribution in [2.24, 2.45) is 0 Å². The minimum absolute atomic E-state index is 0.182. The van der Waals surface area contributed by atoms with Gasteiger partial charge in [-0.05, 0) is 17.5 Å². The molecule has 2 aromatic carbocycles. The molecule has 0 spiro atoms. The van der Waals surface area contributed by atoms with E-state index >= 15 is 0 Å². The number of methoxy groups -OCH3 is 1. The van der Waals surface area contributed by atoms with Crippen molar-refractivity contribution in [1.29, 1.82) is 0 Å². The van der Waals surface area contributed by atoms with E-state index in [9.17, 15) is 14.7 Å². The van der Waals surface area contributed by atoms with Gasteiger partial charge in [0.25, 0.3) is 5.91 Å². The molecule has 5 heteroatoms. The summed E-state index contributed by atoms with van der Waals surface area (Å²) in [5, 5.41) is 11.9. The van der Waals surface area contributed by atoms with Gasteiger partial charge in [-0.3, -0.25) is 4.79 Å². The number of nitrogens with one attached hydrogen (secondary N) is 1. The number of carboxylic acid groups (broad SMARTS) is 1. The monoisotopic (exact) mass is 339 g/mol. The minimum atomic E-state index is -1.09. The molecule has 5 nitrogen and oxygen atoms in total. The maximum atomic E-state index is 12.4. The highest BCUT2D eigenvalue weighted by molar-refractivity contribution is 5.87. The summed E-state index contributed by atoms with van der Waals surface area (Å²) in [5.74, 6) is -1.57. The average molecular weight is 339 g/mol. The topological polar surface area (TPSA) is 75.6 Å². The number of ether oxygens (including phenoxy) is 1. The number of carboxylic acids is 1. The van der Waals surface area contributed by atoms with Gasteiger partial charge >= 0.3 is 5.97 Å². The molecular weight excluding hydrogens is 318 g/mol. The van der Waals surface area contributed by atoms with Gasteiger partial charge in [-0.15, -0.1) is 0 Å². The number of aliphatic carboxylic acids is 1. The minimum Gasteiger partial charge on any atom is -0.480 e. The second-order valence-corrected chi connectivity index (χ2v) is 5.47. The van der Waals surface area contributed by atoms with Crippen molar-refractivity contribution in [2.45, 2.75) is 18.6 Å². The molecule has 2 atom stereocenters. The lowest BCUT2D eigenvalue weighted by Crippen LogP contribution is -2.43. The first-order valence-electron chi connectivity index (χ1n) is 7.94. The highest BCUT2D eigenvalue weighted by Gasteiger charge is 2.25. The van der Waals surface area contributed by atoms with E-state index in [0.29, 0.717) is 5.56 Å². The zero-order chi connectivity index (χ0) is 18.1. The van der Waals surface area contributed by atoms with E-state index in [2.05, 4.69) is 5.32 Å². The van der Waals surface area contributed by atoms with Gasteiger partial charge < -0.3 is 15.2 Å². The van der Waals surface area contributed by atoms with Crippen molar-refractivity contribution >= 4 is 18.0 Å². The molecule has 0 radical (unpaired) electrons. The third kappa shape index (κ3) is 5.58. The second-order valence-electron chi connectivity index (χ2n) is 5.47. The maximum absolute atomic E-state index is 12.4. The van der Waals surface area contributed by atoms with Crippen molar-refractivity contribution in [3.8, 4) is 0 Å². The predicted molar refractivity (Wildman–Crippen MR) is 95.9 cm³/mol. The van der Waals surface area contributed by atoms with Crippen molar-refractivity contribution in [1.82, 2.24) is 5.32 Å². The molecule has 2 aromatic rings. The maximum Gasteiger partial charge on any atom is 0.326 e. The normalized spacial score (nSPS) is 13.3. The lowest BCUT2D eigenvalue weighted by molar-refractivity contribution is -0.143. The summed E-state index contributed by atoms with van der Waals surface area (Å²) < 4.78 is 5.23. The van der Waals surface area contributed by atoms with E-state index in [4.69, 9.17) is 4.74 Å². The Morgan fingerprint density at radius 3 is 2.24 bits per heavy atom. The summed E-state index contributed by atoms with van der Waals surface area (Å²) in [5.41, 5.74) is 1.64. The van der Waals surface area contributed by atoms with Crippen LogP contribution in [0.25, 0.3) is 6.08 Å². The van der Waals surface area contributed by atoms with Crippen molar-refractivity contribution in [2.75, 3.05) is 7.11 Å². The molecule has 0 aliphatic carbocycles. The van der Waals surface area contributed by atoms with Gasteiger partial charge in [0, 0.05) is 7.11 Å². The molecule has 0 aromatic heterocycles. The summed E-state index contributed by atoms with van der Waals surface area (Å²) >= 11 is 0. The van der Waals surface area contributed by atoms with E-state index < -0.39 is 24.0 Å². The van der Waals surface area contributed by atoms with Crippen LogP contribution in [0.2, 0.25) is 0 Å². The van der Waals surface area contributed by atoms with E-state index in [-0.39, 0.29) is 6.42 Å². The van der Waals surface area contributed by atoms with Gasteiger partial charge in [0.1, 0.15) is 6.04 Å². The molecule has 0 saturated carbocycles. The number of rotatable bonds is 8. The molecule has 0 aliphatic rings. The zero-order valence-corrected chi connectivity index (χ0v) is 14.0. The van der Waals surface area contributed by atoms with Crippen molar-refractivity contribution < 1.29 is 19.4 Å². The Balaban J connectivity index is 2.01. The van der Waals surface area contributed by atoms with Gasteiger partial charge in [-0.2, -0.15) is 0 Å². The van der Waals surface area contributed by atoms with Crippen LogP contribution in [0.5, 0.6) is 0 Å². The van der Waals surface area contributed by atoms with Crippen LogP contribution < -0.4 is 5.32 Å². The average Bonchev–Trinajstić information content (AvgIpc) is 2.63. The van der Waals surface area contributed by atoms with Crippen LogP contribution in [0.15, 0.2) is 66.7 Å². The fraction of sp³-hybridized carbons (Fsp3) is 0.200. The summed E-state index contributed by atoms with van der Waals surface area (Å²) in [7, 11) is 1.42. The Morgan fingerprint density at radius 2 is 1.68 bits per heavy atom. The zero-order valence-electron chi connectivity index (χ0n) is 14.0. The number of carbonyl (C=O) groups is 2. The van der Waals surface area contributed by atoms with Gasteiger partial charge in [0.05, 0.1) is 0 Å². The van der Waals surface area contributed by atoms with Crippen molar-refractivity contribution in [3.63, 3.8) is 0 Å². The van der Waals surface area contributed by atoms with E-state index in [1.807, 2.05) is 42.5 Å². The Morgan fingerprint density at radius 1 is 1.08 bits per heavy atom. The largest absolute Gasteiger partial charge is 0.480 e. The fourth-order valence-corrected chi connectivity index (χ4v) is 2.40. The lowest BCUT2D eigenvalue weighted by Gasteiger charge is -2.19. The van der Waals surface area contributed by atoms with Crippen LogP contribution in [0.1, 0.15) is 23.7 Å². The summed E-state index contributed by atoms with van der Waals surface area (Å²) in [6, 6.07) is 17.5. The molecule has 1 amide bonds. The highest BCUT2D eigenvalue weighted by Crippen LogP contribution is 2.16. The van der Waals surface area contributed by atoms with Crippen molar-refractivity contribution in [3.05, 3.63) is 77.9 Å². The summed E-state index contributed by atoms with van der Waals surface area (Å²) in [4.78, 5) is 23.8. The fourth-order valence-electron chi connectivity index (χ4n) is 2.40. The molecule has 2 N–H and O–H groups in total. The lowest BCUT2D eigenvalue weighted by atomic mass is 10.1. The van der Waals surface area contributed by atoms with Gasteiger partial charge in [0.2, 0.25) is 0 Å². The van der Waals surface area contributed by atoms with Crippen LogP contribution in [0.3, 0.4) is 0 Å². The molecule has 0 fully saturated rings.